The Balaban J connectivity index is 1.42. The van der Waals surface area contributed by atoms with Crippen LogP contribution in [-0.4, -0.2) is 65.0 Å². The van der Waals surface area contributed by atoms with E-state index in [-0.39, 0.29) is 0 Å². The van der Waals surface area contributed by atoms with Crippen LogP contribution in [0.1, 0.15) is 50.7 Å². The van der Waals surface area contributed by atoms with Gasteiger partial charge in [0.2, 0.25) is 5.95 Å². The number of aryl methyl sites for hydroxylation is 1. The fourth-order valence-electron chi connectivity index (χ4n) is 5.17. The highest BCUT2D eigenvalue weighted by atomic mass is 32.2. The maximum absolute atomic E-state index is 13.0. The fraction of sp³-hybridized carbons (Fsp3) is 0.483. The summed E-state index contributed by atoms with van der Waals surface area (Å²) in [6, 6.07) is 11.9. The van der Waals surface area contributed by atoms with Gasteiger partial charge >= 0.3 is 0 Å². The van der Waals surface area contributed by atoms with Crippen molar-refractivity contribution in [1.82, 2.24) is 23.8 Å². The summed E-state index contributed by atoms with van der Waals surface area (Å²) < 4.78 is 30.1. The monoisotopic (exact) mass is 581 g/mol. The lowest BCUT2D eigenvalue weighted by atomic mass is 9.99. The van der Waals surface area contributed by atoms with Gasteiger partial charge in [0.1, 0.15) is 4.21 Å². The van der Waals surface area contributed by atoms with Crippen LogP contribution in [0.3, 0.4) is 0 Å². The van der Waals surface area contributed by atoms with Crippen LogP contribution in [0.25, 0.3) is 11.2 Å². The molecule has 9 nitrogen and oxygen atoms in total. The highest BCUT2D eigenvalue weighted by molar-refractivity contribution is 7.91. The number of fused-ring (bicyclic) bond motifs is 1. The second-order valence-electron chi connectivity index (χ2n) is 10.5. The van der Waals surface area contributed by atoms with Crippen molar-refractivity contribution in [3.05, 3.63) is 59.2 Å². The highest BCUT2D eigenvalue weighted by Crippen LogP contribution is 2.27. The fourth-order valence-corrected chi connectivity index (χ4v) is 7.74. The van der Waals surface area contributed by atoms with Crippen molar-refractivity contribution < 1.29 is 8.42 Å². The minimum atomic E-state index is -3.47. The van der Waals surface area contributed by atoms with Gasteiger partial charge in [-0.15, -0.1) is 11.3 Å². The number of piperazine rings is 1. The summed E-state index contributed by atoms with van der Waals surface area (Å²) in [7, 11) is -3.47. The van der Waals surface area contributed by atoms with Crippen LogP contribution in [0.4, 0.5) is 11.8 Å². The van der Waals surface area contributed by atoms with Crippen LogP contribution in [0.15, 0.2) is 52.3 Å². The number of hydrogen-bond acceptors (Lipinski definition) is 8. The van der Waals surface area contributed by atoms with Crippen molar-refractivity contribution in [2.24, 2.45) is 5.92 Å². The third-order valence-corrected chi connectivity index (χ3v) is 10.9. The van der Waals surface area contributed by atoms with E-state index < -0.39 is 10.0 Å². The molecule has 1 saturated heterocycles. The average molecular weight is 582 g/mol. The quantitative estimate of drug-likeness (QED) is 0.240. The van der Waals surface area contributed by atoms with Gasteiger partial charge in [-0.25, -0.2) is 13.4 Å². The number of unbranched alkanes of at least 4 members (excludes halogenated alkanes) is 1. The lowest BCUT2D eigenvalue weighted by Gasteiger charge is -2.33. The predicted molar refractivity (Wildman–Crippen MR) is 163 cm³/mol. The molecule has 11 heteroatoms. The summed E-state index contributed by atoms with van der Waals surface area (Å²) >= 11 is 1.26. The minimum Gasteiger partial charge on any atom is -0.368 e. The number of imidazole rings is 1. The van der Waals surface area contributed by atoms with Crippen molar-refractivity contribution >= 4 is 44.3 Å². The molecule has 0 amide bonds. The first-order chi connectivity index (χ1) is 19.4. The van der Waals surface area contributed by atoms with E-state index >= 15 is 0 Å². The molecule has 4 heterocycles. The molecule has 5 rings (SSSR count). The SMILES string of the molecule is CCCCC(CC)CNc1nc(N2CCN(S(=O)(=O)c3cccs3)CC2)nc2c1ncn2Cc1cccc(C)c1. The third-order valence-electron chi connectivity index (χ3n) is 7.60. The first-order valence-corrected chi connectivity index (χ1v) is 16.5. The number of nitrogens with one attached hydrogen (secondary N) is 1. The zero-order chi connectivity index (χ0) is 28.1. The molecule has 1 aliphatic rings. The van der Waals surface area contributed by atoms with Crippen molar-refractivity contribution in [3.63, 3.8) is 0 Å². The molecule has 0 radical (unpaired) electrons. The third kappa shape index (κ3) is 6.31. The van der Waals surface area contributed by atoms with Crippen LogP contribution in [0.5, 0.6) is 0 Å². The Morgan fingerprint density at radius 2 is 1.90 bits per heavy atom. The summed E-state index contributed by atoms with van der Waals surface area (Å²) in [5, 5.41) is 5.40. The van der Waals surface area contributed by atoms with Gasteiger partial charge in [-0.05, 0) is 36.3 Å². The summed E-state index contributed by atoms with van der Waals surface area (Å²) in [4.78, 5) is 16.7. The topological polar surface area (TPSA) is 96.2 Å². The smallest absolute Gasteiger partial charge is 0.252 e. The Bertz CT molecular complexity index is 1510. The van der Waals surface area contributed by atoms with E-state index in [1.165, 1.54) is 41.7 Å². The molecule has 4 aromatic rings. The largest absolute Gasteiger partial charge is 0.368 e. The van der Waals surface area contributed by atoms with Gasteiger partial charge in [-0.1, -0.05) is 69.0 Å². The molecule has 0 bridgehead atoms. The van der Waals surface area contributed by atoms with E-state index in [9.17, 15) is 8.42 Å². The lowest BCUT2D eigenvalue weighted by Crippen LogP contribution is -2.49. The summed E-state index contributed by atoms with van der Waals surface area (Å²) in [6.45, 7) is 9.89. The molecule has 214 valence electrons. The van der Waals surface area contributed by atoms with Crippen LogP contribution in [-0.2, 0) is 16.6 Å². The minimum absolute atomic E-state index is 0.388. The van der Waals surface area contributed by atoms with Gasteiger partial charge in [-0.3, -0.25) is 0 Å². The molecule has 1 fully saturated rings. The van der Waals surface area contributed by atoms with Gasteiger partial charge in [-0.2, -0.15) is 14.3 Å². The van der Waals surface area contributed by atoms with E-state index in [4.69, 9.17) is 15.0 Å². The molecule has 0 spiro atoms. The van der Waals surface area contributed by atoms with Crippen molar-refractivity contribution in [2.75, 3.05) is 42.9 Å². The van der Waals surface area contributed by atoms with Crippen molar-refractivity contribution in [1.29, 1.82) is 0 Å². The van der Waals surface area contributed by atoms with Crippen LogP contribution in [0, 0.1) is 12.8 Å². The first kappa shape index (κ1) is 28.5. The van der Waals surface area contributed by atoms with Gasteiger partial charge < -0.3 is 14.8 Å². The molecule has 0 aliphatic carbocycles. The van der Waals surface area contributed by atoms with Gasteiger partial charge in [0.25, 0.3) is 10.0 Å². The number of sulfonamides is 1. The summed E-state index contributed by atoms with van der Waals surface area (Å²) in [5.74, 6) is 1.91. The number of hydrogen-bond donors (Lipinski definition) is 1. The number of rotatable bonds is 12. The van der Waals surface area contributed by atoms with E-state index in [0.29, 0.717) is 48.8 Å². The van der Waals surface area contributed by atoms with E-state index in [2.05, 4.69) is 59.8 Å². The Labute approximate surface area is 241 Å². The predicted octanol–water partition coefficient (Wildman–Crippen LogP) is 5.38. The van der Waals surface area contributed by atoms with Gasteiger partial charge in [0.05, 0.1) is 12.9 Å². The number of thiophene rings is 1. The summed E-state index contributed by atoms with van der Waals surface area (Å²) in [6.07, 6.45) is 6.54. The van der Waals surface area contributed by atoms with E-state index in [1.807, 2.05) is 6.33 Å². The molecule has 1 atom stereocenters. The molecule has 1 unspecified atom stereocenters. The Morgan fingerprint density at radius 1 is 1.07 bits per heavy atom. The molecule has 1 N–H and O–H groups in total. The standard InChI is InChI=1S/C29H39N7O2S2/c1-4-6-10-23(5-2)19-30-27-26-28(35(21-31-26)20-24-11-7-9-22(3)18-24)33-29(32-27)34-13-15-36(16-14-34)40(37,38)25-12-8-17-39-25/h7-9,11-12,17-18,21,23H,4-6,10,13-16,19-20H2,1-3H3,(H,30,32,33). The van der Waals surface area contributed by atoms with Crippen molar-refractivity contribution in [2.45, 2.75) is 57.2 Å². The molecule has 3 aromatic heterocycles. The first-order valence-electron chi connectivity index (χ1n) is 14.2. The Morgan fingerprint density at radius 3 is 2.60 bits per heavy atom. The number of benzene rings is 1. The molecule has 1 aromatic carbocycles. The van der Waals surface area contributed by atoms with Crippen molar-refractivity contribution in [3.8, 4) is 0 Å². The van der Waals surface area contributed by atoms with E-state index in [1.54, 1.807) is 21.8 Å². The van der Waals surface area contributed by atoms with E-state index in [0.717, 1.165) is 29.9 Å². The Hall–Kier alpha value is -3.02. The average Bonchev–Trinajstić information content (AvgIpc) is 3.65. The zero-order valence-electron chi connectivity index (χ0n) is 23.6. The maximum atomic E-state index is 13.0. The lowest BCUT2D eigenvalue weighted by molar-refractivity contribution is 0.383. The Kier molecular flexibility index (Phi) is 9.02. The normalized spacial score (nSPS) is 15.5. The summed E-state index contributed by atoms with van der Waals surface area (Å²) in [5.41, 5.74) is 3.95. The maximum Gasteiger partial charge on any atom is 0.252 e. The van der Waals surface area contributed by atoms with Crippen LogP contribution < -0.4 is 10.2 Å². The molecular formula is C29H39N7O2S2. The number of aromatic nitrogens is 4. The van der Waals surface area contributed by atoms with Gasteiger partial charge in [0, 0.05) is 32.7 Å². The second-order valence-corrected chi connectivity index (χ2v) is 13.6. The molecule has 1 aliphatic heterocycles. The molecule has 0 saturated carbocycles. The number of nitrogens with zero attached hydrogens (tertiary/aromatic N) is 6. The van der Waals surface area contributed by atoms with Gasteiger partial charge in [0.15, 0.2) is 17.0 Å². The van der Waals surface area contributed by atoms with Crippen LogP contribution >= 0.6 is 11.3 Å². The molecule has 40 heavy (non-hydrogen) atoms. The number of anilines is 2. The zero-order valence-corrected chi connectivity index (χ0v) is 25.2. The molecular weight excluding hydrogens is 543 g/mol. The second kappa shape index (κ2) is 12.7. The van der Waals surface area contributed by atoms with Crippen LogP contribution in [0.2, 0.25) is 0 Å². The highest BCUT2D eigenvalue weighted by Gasteiger charge is 2.30.